The molecule has 1 saturated carbocycles. The number of rotatable bonds is 7. The summed E-state index contributed by atoms with van der Waals surface area (Å²) < 4.78 is 47.1. The highest BCUT2D eigenvalue weighted by atomic mass is 79.9. The normalized spacial score (nSPS) is 14.4. The zero-order valence-electron chi connectivity index (χ0n) is 19.5. The van der Waals surface area contributed by atoms with Gasteiger partial charge in [0.25, 0.3) is 5.69 Å². The molecule has 0 bridgehead atoms. The van der Waals surface area contributed by atoms with Gasteiger partial charge in [-0.05, 0) is 66.7 Å². The summed E-state index contributed by atoms with van der Waals surface area (Å²) in [5, 5.41) is 17.7. The number of nitro groups is 1. The van der Waals surface area contributed by atoms with Crippen LogP contribution < -0.4 is 10.1 Å². The number of anilines is 1. The van der Waals surface area contributed by atoms with Gasteiger partial charge < -0.3 is 10.1 Å². The van der Waals surface area contributed by atoms with E-state index < -0.39 is 28.7 Å². The van der Waals surface area contributed by atoms with Gasteiger partial charge in [0.1, 0.15) is 17.5 Å². The Morgan fingerprint density at radius 1 is 1.25 bits per heavy atom. The quantitative estimate of drug-likeness (QED) is 0.244. The van der Waals surface area contributed by atoms with Gasteiger partial charge in [0, 0.05) is 18.1 Å². The number of hydrogen-bond donors (Lipinski definition) is 1. The van der Waals surface area contributed by atoms with Gasteiger partial charge in [0.05, 0.1) is 26.8 Å². The zero-order valence-corrected chi connectivity index (χ0v) is 21.1. The molecule has 1 heterocycles. The van der Waals surface area contributed by atoms with Gasteiger partial charge in [-0.2, -0.15) is 18.3 Å². The highest BCUT2D eigenvalue weighted by Crippen LogP contribution is 2.47. The summed E-state index contributed by atoms with van der Waals surface area (Å²) in [6.07, 6.45) is -3.30. The Bertz CT molecular complexity index is 1350. The third-order valence-corrected chi connectivity index (χ3v) is 6.59. The Morgan fingerprint density at radius 3 is 2.56 bits per heavy atom. The molecule has 36 heavy (non-hydrogen) atoms. The molecule has 0 aliphatic heterocycles. The molecule has 1 fully saturated rings. The number of nitrogens with zero attached hydrogens (tertiary/aromatic N) is 3. The summed E-state index contributed by atoms with van der Waals surface area (Å²) in [5.41, 5.74) is 0.700. The van der Waals surface area contributed by atoms with Crippen LogP contribution in [0.2, 0.25) is 0 Å². The zero-order chi connectivity index (χ0) is 26.4. The summed E-state index contributed by atoms with van der Waals surface area (Å²) in [4.78, 5) is 23.9. The number of alkyl halides is 3. The molecule has 12 heteroatoms. The lowest BCUT2D eigenvalue weighted by Gasteiger charge is -2.16. The fourth-order valence-corrected chi connectivity index (χ4v) is 4.56. The fourth-order valence-electron chi connectivity index (χ4n) is 3.75. The van der Waals surface area contributed by atoms with Crippen molar-refractivity contribution in [1.29, 1.82) is 0 Å². The van der Waals surface area contributed by atoms with E-state index in [1.807, 2.05) is 26.0 Å². The number of carbonyl (C=O) groups is 1. The molecule has 1 aliphatic rings. The minimum atomic E-state index is -4.69. The number of ether oxygens (including phenoxy) is 1. The van der Waals surface area contributed by atoms with Gasteiger partial charge >= 0.3 is 6.18 Å². The Hall–Kier alpha value is -3.41. The van der Waals surface area contributed by atoms with Crippen LogP contribution in [0.25, 0.3) is 0 Å². The van der Waals surface area contributed by atoms with Crippen LogP contribution in [0.4, 0.5) is 24.5 Å². The van der Waals surface area contributed by atoms with E-state index in [2.05, 4.69) is 26.3 Å². The Morgan fingerprint density at radius 2 is 1.94 bits per heavy atom. The molecule has 1 atom stereocenters. The van der Waals surface area contributed by atoms with Crippen LogP contribution in [0.15, 0.2) is 40.9 Å². The van der Waals surface area contributed by atoms with Crippen molar-refractivity contribution in [2.75, 3.05) is 5.32 Å². The van der Waals surface area contributed by atoms with Gasteiger partial charge in [-0.25, -0.2) is 0 Å². The van der Waals surface area contributed by atoms with Gasteiger partial charge in [-0.1, -0.05) is 12.1 Å². The van der Waals surface area contributed by atoms with Crippen molar-refractivity contribution < 1.29 is 27.6 Å². The smallest absolute Gasteiger partial charge is 0.436 e. The van der Waals surface area contributed by atoms with Crippen molar-refractivity contribution in [3.05, 3.63) is 73.5 Å². The number of halogens is 4. The number of non-ortho nitro benzene ring substituents is 1. The first-order valence-electron chi connectivity index (χ1n) is 11.1. The highest BCUT2D eigenvalue weighted by molar-refractivity contribution is 9.10. The van der Waals surface area contributed by atoms with Gasteiger partial charge in [0.2, 0.25) is 5.91 Å². The van der Waals surface area contributed by atoms with E-state index >= 15 is 0 Å². The highest BCUT2D eigenvalue weighted by Gasteiger charge is 2.43. The molecule has 0 saturated heterocycles. The molecule has 190 valence electrons. The van der Waals surface area contributed by atoms with Crippen LogP contribution in [0, 0.1) is 24.0 Å². The van der Waals surface area contributed by atoms with Crippen LogP contribution in [0.3, 0.4) is 0 Å². The van der Waals surface area contributed by atoms with Crippen LogP contribution in [0.5, 0.6) is 11.5 Å². The maximum absolute atomic E-state index is 13.4. The maximum atomic E-state index is 13.4. The molecule has 1 N–H and O–H groups in total. The van der Waals surface area contributed by atoms with Crippen LogP contribution >= 0.6 is 15.9 Å². The number of aryl methyl sites for hydroxylation is 2. The van der Waals surface area contributed by atoms with E-state index in [0.717, 1.165) is 21.9 Å². The van der Waals surface area contributed by atoms with Gasteiger partial charge in [-0.3, -0.25) is 19.6 Å². The van der Waals surface area contributed by atoms with E-state index in [-0.39, 0.29) is 27.5 Å². The Kier molecular flexibility index (Phi) is 6.82. The first-order valence-corrected chi connectivity index (χ1v) is 11.8. The second-order valence-corrected chi connectivity index (χ2v) is 9.57. The lowest BCUT2D eigenvalue weighted by molar-refractivity contribution is -0.384. The average molecular weight is 567 g/mol. The summed E-state index contributed by atoms with van der Waals surface area (Å²) in [6.45, 7) is 5.12. The van der Waals surface area contributed by atoms with Crippen molar-refractivity contribution >= 4 is 33.2 Å². The first-order chi connectivity index (χ1) is 16.8. The van der Waals surface area contributed by atoms with E-state index in [9.17, 15) is 28.1 Å². The lowest BCUT2D eigenvalue weighted by atomic mass is 10.1. The van der Waals surface area contributed by atoms with Crippen molar-refractivity contribution in [2.45, 2.75) is 51.7 Å². The van der Waals surface area contributed by atoms with E-state index in [1.54, 1.807) is 6.07 Å². The van der Waals surface area contributed by atoms with Crippen molar-refractivity contribution in [3.63, 3.8) is 0 Å². The Labute approximate surface area is 212 Å². The number of amides is 1. The lowest BCUT2D eigenvalue weighted by Crippen LogP contribution is -2.26. The SMILES string of the molecule is Cc1ccc(C)c(Oc2cc(NC(=O)C(C)n3nc(C(F)(F)F)c(Br)c3C3CC3)cc([N+](=O)[O-])c2)c1. The van der Waals surface area contributed by atoms with Crippen LogP contribution in [0.1, 0.15) is 54.2 Å². The molecule has 8 nitrogen and oxygen atoms in total. The van der Waals surface area contributed by atoms with E-state index in [4.69, 9.17) is 4.74 Å². The minimum Gasteiger partial charge on any atom is -0.457 e. The molecular weight excluding hydrogens is 545 g/mol. The standard InChI is InChI=1S/C24H22BrF3N4O4/c1-12-4-5-13(2)19(8-12)36-18-10-16(9-17(11-18)32(34)35)29-23(33)14(3)31-21(15-6-7-15)20(25)22(30-31)24(26,27)28/h4-5,8-11,14-15H,6-7H2,1-3H3,(H,29,33). The van der Waals surface area contributed by atoms with Crippen molar-refractivity contribution in [2.24, 2.45) is 0 Å². The number of aromatic nitrogens is 2. The molecule has 1 unspecified atom stereocenters. The first kappa shape index (κ1) is 25.7. The molecule has 1 amide bonds. The summed E-state index contributed by atoms with van der Waals surface area (Å²) in [7, 11) is 0. The summed E-state index contributed by atoms with van der Waals surface area (Å²) in [6, 6.07) is 8.21. The molecule has 0 spiro atoms. The number of benzene rings is 2. The van der Waals surface area contributed by atoms with Gasteiger partial charge in [0.15, 0.2) is 5.69 Å². The van der Waals surface area contributed by atoms with E-state index in [0.29, 0.717) is 24.3 Å². The molecule has 3 aromatic rings. The minimum absolute atomic E-state index is 0.0663. The molecule has 2 aromatic carbocycles. The molecule has 4 rings (SSSR count). The molecular formula is C24H22BrF3N4O4. The summed E-state index contributed by atoms with van der Waals surface area (Å²) >= 11 is 3.01. The number of carbonyl (C=O) groups excluding carboxylic acids is 1. The molecule has 1 aromatic heterocycles. The largest absolute Gasteiger partial charge is 0.457 e. The second-order valence-electron chi connectivity index (χ2n) is 8.77. The Balaban J connectivity index is 1.64. The van der Waals surface area contributed by atoms with Crippen LogP contribution in [-0.2, 0) is 11.0 Å². The molecule has 1 aliphatic carbocycles. The average Bonchev–Trinajstić information content (AvgIpc) is 3.56. The summed E-state index contributed by atoms with van der Waals surface area (Å²) in [5.74, 6) is -0.190. The van der Waals surface area contributed by atoms with Crippen LogP contribution in [-0.4, -0.2) is 20.6 Å². The van der Waals surface area contributed by atoms with Gasteiger partial charge in [-0.15, -0.1) is 0 Å². The predicted molar refractivity (Wildman–Crippen MR) is 129 cm³/mol. The van der Waals surface area contributed by atoms with E-state index in [1.165, 1.54) is 19.1 Å². The van der Waals surface area contributed by atoms with Crippen molar-refractivity contribution in [1.82, 2.24) is 9.78 Å². The topological polar surface area (TPSA) is 99.3 Å². The third-order valence-electron chi connectivity index (χ3n) is 5.81. The predicted octanol–water partition coefficient (Wildman–Crippen LogP) is 7.06. The monoisotopic (exact) mass is 566 g/mol. The number of hydrogen-bond acceptors (Lipinski definition) is 5. The second kappa shape index (κ2) is 9.57. The molecule has 0 radical (unpaired) electrons. The van der Waals surface area contributed by atoms with Crippen molar-refractivity contribution in [3.8, 4) is 11.5 Å². The number of nitro benzene ring substituents is 1. The third kappa shape index (κ3) is 5.38. The fraction of sp³-hybridized carbons (Fsp3) is 0.333. The number of nitrogens with one attached hydrogen (secondary N) is 1. The maximum Gasteiger partial charge on any atom is 0.436 e.